The van der Waals surface area contributed by atoms with Gasteiger partial charge >= 0.3 is 0 Å². The Hall–Kier alpha value is -1.53. The Morgan fingerprint density at radius 2 is 1.88 bits per heavy atom. The van der Waals surface area contributed by atoms with Crippen molar-refractivity contribution < 1.29 is 8.42 Å². The molecule has 1 aliphatic carbocycles. The first-order valence-electron chi connectivity index (χ1n) is 7.89. The van der Waals surface area contributed by atoms with Gasteiger partial charge in [0.2, 0.25) is 10.0 Å². The molecule has 2 aromatic carbocycles. The minimum absolute atomic E-state index is 0.0256. The van der Waals surface area contributed by atoms with Crippen molar-refractivity contribution in [2.75, 3.05) is 5.32 Å². The zero-order valence-electron chi connectivity index (χ0n) is 13.1. The minimum Gasteiger partial charge on any atom is -0.378 e. The summed E-state index contributed by atoms with van der Waals surface area (Å²) < 4.78 is 23.4. The van der Waals surface area contributed by atoms with E-state index < -0.39 is 10.0 Å². The van der Waals surface area contributed by atoms with Gasteiger partial charge in [-0.1, -0.05) is 41.4 Å². The molecular formula is C18H16Cl2N2O2S. The molecule has 0 aromatic heterocycles. The van der Waals surface area contributed by atoms with Gasteiger partial charge in [0.15, 0.2) is 0 Å². The van der Waals surface area contributed by atoms with Gasteiger partial charge in [-0.25, -0.2) is 13.6 Å². The zero-order valence-corrected chi connectivity index (χ0v) is 15.4. The van der Waals surface area contributed by atoms with Crippen molar-refractivity contribution in [3.8, 4) is 0 Å². The summed E-state index contributed by atoms with van der Waals surface area (Å²) in [4.78, 5) is 0.134. The van der Waals surface area contributed by atoms with E-state index in [-0.39, 0.29) is 22.8 Å². The highest BCUT2D eigenvalue weighted by atomic mass is 35.5. The lowest BCUT2D eigenvalue weighted by Gasteiger charge is -2.38. The van der Waals surface area contributed by atoms with E-state index in [4.69, 9.17) is 28.3 Å². The number of rotatable bonds is 2. The van der Waals surface area contributed by atoms with Gasteiger partial charge in [0.1, 0.15) is 0 Å². The van der Waals surface area contributed by atoms with Gasteiger partial charge < -0.3 is 5.32 Å². The van der Waals surface area contributed by atoms with Crippen LogP contribution in [-0.4, -0.2) is 8.42 Å². The van der Waals surface area contributed by atoms with E-state index in [1.165, 1.54) is 6.07 Å². The summed E-state index contributed by atoms with van der Waals surface area (Å²) in [5.41, 5.74) is 2.84. The van der Waals surface area contributed by atoms with E-state index in [0.29, 0.717) is 10.0 Å². The highest BCUT2D eigenvalue weighted by Crippen LogP contribution is 2.51. The van der Waals surface area contributed by atoms with Gasteiger partial charge in [0.05, 0.1) is 10.9 Å². The van der Waals surface area contributed by atoms with E-state index in [9.17, 15) is 8.42 Å². The highest BCUT2D eigenvalue weighted by molar-refractivity contribution is 7.89. The molecule has 0 radical (unpaired) electrons. The fourth-order valence-corrected chi connectivity index (χ4v) is 4.89. The average molecular weight is 395 g/mol. The lowest BCUT2D eigenvalue weighted by atomic mass is 9.77. The monoisotopic (exact) mass is 394 g/mol. The van der Waals surface area contributed by atoms with Crippen molar-refractivity contribution in [1.82, 2.24) is 0 Å². The van der Waals surface area contributed by atoms with E-state index in [1.807, 2.05) is 12.1 Å². The van der Waals surface area contributed by atoms with Crippen LogP contribution in [0, 0.1) is 5.92 Å². The van der Waals surface area contributed by atoms with Crippen molar-refractivity contribution in [3.05, 3.63) is 69.7 Å². The number of anilines is 1. The van der Waals surface area contributed by atoms with E-state index >= 15 is 0 Å². The maximum absolute atomic E-state index is 11.7. The van der Waals surface area contributed by atoms with Crippen molar-refractivity contribution in [2.24, 2.45) is 11.1 Å². The summed E-state index contributed by atoms with van der Waals surface area (Å²) in [6.07, 6.45) is 5.15. The Kier molecular flexibility index (Phi) is 4.07. The van der Waals surface area contributed by atoms with Crippen LogP contribution in [0.1, 0.15) is 29.5 Å². The number of allylic oxidation sites excluding steroid dienone is 2. The number of nitrogens with two attached hydrogens (primary N) is 1. The molecule has 4 nitrogen and oxygen atoms in total. The summed E-state index contributed by atoms with van der Waals surface area (Å²) >= 11 is 12.4. The first kappa shape index (κ1) is 16.9. The summed E-state index contributed by atoms with van der Waals surface area (Å²) in [5, 5.41) is 10.0. The molecule has 130 valence electrons. The molecule has 0 bridgehead atoms. The van der Waals surface area contributed by atoms with Crippen molar-refractivity contribution >= 4 is 38.9 Å². The van der Waals surface area contributed by atoms with Crippen LogP contribution in [0.15, 0.2) is 53.4 Å². The van der Waals surface area contributed by atoms with Crippen LogP contribution < -0.4 is 10.5 Å². The van der Waals surface area contributed by atoms with Crippen LogP contribution in [0.25, 0.3) is 0 Å². The van der Waals surface area contributed by atoms with Crippen molar-refractivity contribution in [2.45, 2.75) is 23.3 Å². The second-order valence-corrected chi connectivity index (χ2v) is 8.84. The minimum atomic E-state index is -3.73. The van der Waals surface area contributed by atoms with Crippen LogP contribution >= 0.6 is 23.2 Å². The lowest BCUT2D eigenvalue weighted by Crippen LogP contribution is -2.29. The fraction of sp³-hybridized carbons (Fsp3) is 0.222. The lowest BCUT2D eigenvalue weighted by molar-refractivity contribution is 0.425. The molecule has 7 heteroatoms. The third-order valence-corrected chi connectivity index (χ3v) is 6.43. The predicted molar refractivity (Wildman–Crippen MR) is 101 cm³/mol. The smallest absolute Gasteiger partial charge is 0.238 e. The third-order valence-electron chi connectivity index (χ3n) is 4.96. The number of benzene rings is 2. The first-order valence-corrected chi connectivity index (χ1v) is 10.2. The molecule has 4 rings (SSSR count). The second-order valence-electron chi connectivity index (χ2n) is 6.44. The highest BCUT2D eigenvalue weighted by Gasteiger charge is 2.39. The summed E-state index contributed by atoms with van der Waals surface area (Å²) in [7, 11) is -3.73. The maximum Gasteiger partial charge on any atom is 0.238 e. The van der Waals surface area contributed by atoms with Gasteiger partial charge in [-0.2, -0.15) is 0 Å². The average Bonchev–Trinajstić information content (AvgIpc) is 3.03. The number of sulfonamides is 1. The largest absolute Gasteiger partial charge is 0.378 e. The number of primary sulfonamides is 1. The molecule has 0 fully saturated rings. The second kappa shape index (κ2) is 6.02. The molecular weight excluding hydrogens is 379 g/mol. The Balaban J connectivity index is 1.81. The predicted octanol–water partition coefficient (Wildman–Crippen LogP) is 4.47. The normalized spacial score (nSPS) is 24.5. The standard InChI is InChI=1S/C18H16Cl2N2O2S/c19-10-4-6-14(16(20)8-10)18-13-3-1-2-12(13)15-9-11(25(21,23)24)5-7-17(15)22-18/h1-2,4-9,12-13,18,22H,3H2,(H2,21,23,24)/t12-,13-,18+/m1/s1. The SMILES string of the molecule is NS(=O)(=O)c1ccc2c(c1)[C@@H]1C=CC[C@H]1[C@@H](c1ccc(Cl)cc1Cl)N2. The van der Waals surface area contributed by atoms with Crippen molar-refractivity contribution in [1.29, 1.82) is 0 Å². The molecule has 1 aliphatic heterocycles. The first-order chi connectivity index (χ1) is 11.8. The van der Waals surface area contributed by atoms with Crippen LogP contribution in [0.3, 0.4) is 0 Å². The number of halogens is 2. The van der Waals surface area contributed by atoms with Crippen LogP contribution in [0.4, 0.5) is 5.69 Å². The molecule has 0 amide bonds. The Labute approximate surface area is 156 Å². The fourth-order valence-electron chi connectivity index (χ4n) is 3.81. The molecule has 3 atom stereocenters. The van der Waals surface area contributed by atoms with Crippen LogP contribution in [0.2, 0.25) is 10.0 Å². The molecule has 2 aromatic rings. The molecule has 1 heterocycles. The van der Waals surface area contributed by atoms with Gasteiger partial charge in [-0.15, -0.1) is 0 Å². The Morgan fingerprint density at radius 1 is 1.08 bits per heavy atom. The molecule has 2 aliphatic rings. The zero-order chi connectivity index (χ0) is 17.8. The van der Waals surface area contributed by atoms with Crippen molar-refractivity contribution in [3.63, 3.8) is 0 Å². The third kappa shape index (κ3) is 2.95. The van der Waals surface area contributed by atoms with Gasteiger partial charge in [-0.05, 0) is 53.8 Å². The van der Waals surface area contributed by atoms with E-state index in [2.05, 4.69) is 17.5 Å². The van der Waals surface area contributed by atoms with E-state index in [1.54, 1.807) is 18.2 Å². The quantitative estimate of drug-likeness (QED) is 0.738. The number of hydrogen-bond acceptors (Lipinski definition) is 3. The Morgan fingerprint density at radius 3 is 2.60 bits per heavy atom. The molecule has 25 heavy (non-hydrogen) atoms. The number of hydrogen-bond donors (Lipinski definition) is 2. The molecule has 0 unspecified atom stereocenters. The topological polar surface area (TPSA) is 72.2 Å². The molecule has 3 N–H and O–H groups in total. The maximum atomic E-state index is 11.7. The number of nitrogens with one attached hydrogen (secondary N) is 1. The van der Waals surface area contributed by atoms with Gasteiger partial charge in [0, 0.05) is 21.7 Å². The van der Waals surface area contributed by atoms with Crippen LogP contribution in [-0.2, 0) is 10.0 Å². The van der Waals surface area contributed by atoms with Gasteiger partial charge in [0.25, 0.3) is 0 Å². The van der Waals surface area contributed by atoms with Crippen LogP contribution in [0.5, 0.6) is 0 Å². The summed E-state index contributed by atoms with van der Waals surface area (Å²) in [5.74, 6) is 0.372. The molecule has 0 saturated heterocycles. The molecule has 0 spiro atoms. The van der Waals surface area contributed by atoms with Gasteiger partial charge in [-0.3, -0.25) is 0 Å². The Bertz CT molecular complexity index is 989. The molecule has 0 saturated carbocycles. The van der Waals surface area contributed by atoms with E-state index in [0.717, 1.165) is 23.2 Å². The number of fused-ring (bicyclic) bond motifs is 3. The summed E-state index contributed by atoms with van der Waals surface area (Å²) in [6.45, 7) is 0. The summed E-state index contributed by atoms with van der Waals surface area (Å²) in [6, 6.07) is 10.5.